The summed E-state index contributed by atoms with van der Waals surface area (Å²) in [5.74, 6) is 1.47. The summed E-state index contributed by atoms with van der Waals surface area (Å²) in [6.07, 6.45) is 4.20. The minimum absolute atomic E-state index is 0.0342. The molecule has 0 radical (unpaired) electrons. The fraction of sp³-hybridized carbons (Fsp3) is 0.440. The zero-order chi connectivity index (χ0) is 21.8. The van der Waals surface area contributed by atoms with Gasteiger partial charge in [0.05, 0.1) is 32.5 Å². The normalized spacial score (nSPS) is 19.3. The Kier molecular flexibility index (Phi) is 6.56. The highest BCUT2D eigenvalue weighted by Gasteiger charge is 2.35. The van der Waals surface area contributed by atoms with E-state index in [-0.39, 0.29) is 11.9 Å². The van der Waals surface area contributed by atoms with Crippen LogP contribution in [0.4, 0.5) is 0 Å². The van der Waals surface area contributed by atoms with Gasteiger partial charge in [0.2, 0.25) is 0 Å². The Morgan fingerprint density at radius 2 is 1.77 bits per heavy atom. The van der Waals surface area contributed by atoms with Crippen LogP contribution in [-0.4, -0.2) is 55.4 Å². The molecule has 0 aliphatic carbocycles. The minimum atomic E-state index is -0.200. The number of piperidine rings is 1. The van der Waals surface area contributed by atoms with Gasteiger partial charge >= 0.3 is 0 Å². The monoisotopic (exact) mass is 421 g/mol. The van der Waals surface area contributed by atoms with Crippen LogP contribution in [0.2, 0.25) is 0 Å². The Hall–Kier alpha value is -2.86. The van der Waals surface area contributed by atoms with Gasteiger partial charge in [-0.25, -0.2) is 5.01 Å². The van der Waals surface area contributed by atoms with Crippen LogP contribution in [0.3, 0.4) is 0 Å². The van der Waals surface area contributed by atoms with E-state index in [1.807, 2.05) is 18.2 Å². The molecule has 2 aromatic rings. The van der Waals surface area contributed by atoms with Gasteiger partial charge in [0.1, 0.15) is 11.5 Å². The standard InChI is InChI=1S/C25H31N3O3/c1-18-7-9-19(10-8-18)22-16-23(21-12-11-20(30-2)15-24(21)31-3)28(26-22)25(29)17-27-13-5-4-6-14-27/h7-12,15,23H,4-6,13-14,16-17H2,1-3H3/t23-/m0/s1. The van der Waals surface area contributed by atoms with Crippen molar-refractivity contribution in [3.8, 4) is 11.5 Å². The number of nitrogens with zero attached hydrogens (tertiary/aromatic N) is 3. The van der Waals surface area contributed by atoms with E-state index in [0.29, 0.717) is 18.7 Å². The third-order valence-electron chi connectivity index (χ3n) is 6.16. The number of ether oxygens (including phenoxy) is 2. The first-order chi connectivity index (χ1) is 15.1. The van der Waals surface area contributed by atoms with Gasteiger partial charge in [-0.3, -0.25) is 9.69 Å². The molecule has 1 amide bonds. The Morgan fingerprint density at radius 3 is 2.45 bits per heavy atom. The number of carbonyl (C=O) groups is 1. The fourth-order valence-corrected chi connectivity index (χ4v) is 4.38. The van der Waals surface area contributed by atoms with Crippen LogP contribution in [0.5, 0.6) is 11.5 Å². The molecule has 1 atom stereocenters. The maximum absolute atomic E-state index is 13.4. The lowest BCUT2D eigenvalue weighted by Gasteiger charge is -2.29. The average Bonchev–Trinajstić information content (AvgIpc) is 3.25. The number of hydrogen-bond acceptors (Lipinski definition) is 5. The molecule has 2 aromatic carbocycles. The van der Waals surface area contributed by atoms with E-state index in [0.717, 1.165) is 48.5 Å². The summed E-state index contributed by atoms with van der Waals surface area (Å²) in [5.41, 5.74) is 4.13. The molecule has 2 aliphatic rings. The lowest BCUT2D eigenvalue weighted by Crippen LogP contribution is -2.40. The summed E-state index contributed by atoms with van der Waals surface area (Å²) in [6.45, 7) is 4.43. The summed E-state index contributed by atoms with van der Waals surface area (Å²) in [6, 6.07) is 13.9. The van der Waals surface area contributed by atoms with E-state index in [4.69, 9.17) is 14.6 Å². The largest absolute Gasteiger partial charge is 0.497 e. The summed E-state index contributed by atoms with van der Waals surface area (Å²) in [4.78, 5) is 15.6. The minimum Gasteiger partial charge on any atom is -0.497 e. The van der Waals surface area contributed by atoms with Gasteiger partial charge in [-0.1, -0.05) is 36.2 Å². The Balaban J connectivity index is 1.65. The molecule has 2 aliphatic heterocycles. The first kappa shape index (κ1) is 21.4. The van der Waals surface area contributed by atoms with E-state index in [9.17, 15) is 4.79 Å². The van der Waals surface area contributed by atoms with Crippen molar-refractivity contribution in [2.24, 2.45) is 5.10 Å². The van der Waals surface area contributed by atoms with Crippen molar-refractivity contribution in [2.75, 3.05) is 33.9 Å². The smallest absolute Gasteiger partial charge is 0.257 e. The molecule has 2 heterocycles. The second kappa shape index (κ2) is 9.52. The number of hydrogen-bond donors (Lipinski definition) is 0. The first-order valence-corrected chi connectivity index (χ1v) is 11.0. The number of amides is 1. The Bertz CT molecular complexity index is 949. The predicted molar refractivity (Wildman–Crippen MR) is 122 cm³/mol. The van der Waals surface area contributed by atoms with E-state index in [2.05, 4.69) is 36.1 Å². The number of carbonyl (C=O) groups excluding carboxylic acids is 1. The highest BCUT2D eigenvalue weighted by atomic mass is 16.5. The van der Waals surface area contributed by atoms with Gasteiger partial charge in [-0.15, -0.1) is 0 Å². The molecule has 4 rings (SSSR count). The van der Waals surface area contributed by atoms with E-state index < -0.39 is 0 Å². The molecule has 164 valence electrons. The van der Waals surface area contributed by atoms with Gasteiger partial charge in [0.25, 0.3) is 5.91 Å². The molecule has 6 nitrogen and oxygen atoms in total. The molecular weight excluding hydrogens is 390 g/mol. The quantitative estimate of drug-likeness (QED) is 0.702. The van der Waals surface area contributed by atoms with Crippen LogP contribution in [0, 0.1) is 6.92 Å². The topological polar surface area (TPSA) is 54.4 Å². The van der Waals surface area contributed by atoms with Gasteiger partial charge in [0, 0.05) is 18.1 Å². The van der Waals surface area contributed by atoms with Crippen LogP contribution in [-0.2, 0) is 4.79 Å². The van der Waals surface area contributed by atoms with E-state index in [1.54, 1.807) is 19.2 Å². The Morgan fingerprint density at radius 1 is 1.03 bits per heavy atom. The maximum Gasteiger partial charge on any atom is 0.257 e. The molecule has 1 fully saturated rings. The van der Waals surface area contributed by atoms with E-state index in [1.165, 1.54) is 12.0 Å². The van der Waals surface area contributed by atoms with Gasteiger partial charge in [-0.2, -0.15) is 5.10 Å². The van der Waals surface area contributed by atoms with Crippen molar-refractivity contribution in [1.82, 2.24) is 9.91 Å². The second-order valence-corrected chi connectivity index (χ2v) is 8.32. The third-order valence-corrected chi connectivity index (χ3v) is 6.16. The van der Waals surface area contributed by atoms with Gasteiger partial charge in [-0.05, 0) is 50.6 Å². The zero-order valence-electron chi connectivity index (χ0n) is 18.6. The highest BCUT2D eigenvalue weighted by Crippen LogP contribution is 2.39. The molecular formula is C25H31N3O3. The van der Waals surface area contributed by atoms with Crippen molar-refractivity contribution >= 4 is 11.6 Å². The molecule has 0 bridgehead atoms. The predicted octanol–water partition coefficient (Wildman–Crippen LogP) is 4.18. The lowest BCUT2D eigenvalue weighted by atomic mass is 9.97. The number of rotatable bonds is 6. The third kappa shape index (κ3) is 4.74. The van der Waals surface area contributed by atoms with Crippen LogP contribution < -0.4 is 9.47 Å². The number of hydrazone groups is 1. The maximum atomic E-state index is 13.4. The number of benzene rings is 2. The second-order valence-electron chi connectivity index (χ2n) is 8.32. The van der Waals surface area contributed by atoms with Crippen molar-refractivity contribution in [3.05, 3.63) is 59.2 Å². The average molecular weight is 422 g/mol. The number of aryl methyl sites for hydroxylation is 1. The molecule has 6 heteroatoms. The SMILES string of the molecule is COc1ccc([C@@H]2CC(c3ccc(C)cc3)=NN2C(=O)CN2CCCCC2)c(OC)c1. The van der Waals surface area contributed by atoms with Crippen molar-refractivity contribution in [3.63, 3.8) is 0 Å². The van der Waals surface area contributed by atoms with Crippen LogP contribution in [0.15, 0.2) is 47.6 Å². The molecule has 0 saturated carbocycles. The van der Waals surface area contributed by atoms with Crippen molar-refractivity contribution < 1.29 is 14.3 Å². The molecule has 0 N–H and O–H groups in total. The lowest BCUT2D eigenvalue weighted by molar-refractivity contribution is -0.134. The number of methoxy groups -OCH3 is 2. The molecule has 0 spiro atoms. The van der Waals surface area contributed by atoms with Crippen molar-refractivity contribution in [1.29, 1.82) is 0 Å². The summed E-state index contributed by atoms with van der Waals surface area (Å²) in [7, 11) is 3.28. The zero-order valence-corrected chi connectivity index (χ0v) is 18.6. The van der Waals surface area contributed by atoms with Gasteiger partial charge in [0.15, 0.2) is 0 Å². The van der Waals surface area contributed by atoms with Crippen LogP contribution in [0.1, 0.15) is 48.4 Å². The summed E-state index contributed by atoms with van der Waals surface area (Å²) < 4.78 is 11.0. The molecule has 1 saturated heterocycles. The molecule has 0 aromatic heterocycles. The highest BCUT2D eigenvalue weighted by molar-refractivity contribution is 6.03. The Labute approximate surface area is 184 Å². The fourth-order valence-electron chi connectivity index (χ4n) is 4.38. The van der Waals surface area contributed by atoms with Crippen LogP contribution in [0.25, 0.3) is 0 Å². The first-order valence-electron chi connectivity index (χ1n) is 11.0. The van der Waals surface area contributed by atoms with Gasteiger partial charge < -0.3 is 9.47 Å². The van der Waals surface area contributed by atoms with E-state index >= 15 is 0 Å². The van der Waals surface area contributed by atoms with Crippen molar-refractivity contribution in [2.45, 2.75) is 38.6 Å². The summed E-state index contributed by atoms with van der Waals surface area (Å²) >= 11 is 0. The molecule has 31 heavy (non-hydrogen) atoms. The molecule has 0 unspecified atom stereocenters. The number of likely N-dealkylation sites (tertiary alicyclic amines) is 1. The van der Waals surface area contributed by atoms with Crippen LogP contribution >= 0.6 is 0 Å². The summed E-state index contributed by atoms with van der Waals surface area (Å²) in [5, 5.41) is 6.49.